The predicted octanol–water partition coefficient (Wildman–Crippen LogP) is 3.78. The minimum absolute atomic E-state index is 0.369. The second-order valence-electron chi connectivity index (χ2n) is 4.67. The molecule has 0 amide bonds. The summed E-state index contributed by atoms with van der Waals surface area (Å²) in [6.45, 7) is 10.5. The van der Waals surface area contributed by atoms with Crippen molar-refractivity contribution in [1.29, 1.82) is 0 Å². The van der Waals surface area contributed by atoms with E-state index in [2.05, 4.69) is 51.2 Å². The number of nitrogens with one attached hydrogen (secondary N) is 1. The topological polar surface area (TPSA) is 21.3 Å². The molecule has 0 aliphatic rings. The lowest BCUT2D eigenvalue weighted by atomic mass is 9.95. The molecule has 0 radical (unpaired) electrons. The molecular formula is C15H25NO. The molecule has 1 N–H and O–H groups in total. The molecule has 1 aromatic carbocycles. The van der Waals surface area contributed by atoms with Gasteiger partial charge < -0.3 is 10.1 Å². The van der Waals surface area contributed by atoms with Crippen molar-refractivity contribution in [3.8, 4) is 5.75 Å². The van der Waals surface area contributed by atoms with Crippen LogP contribution in [0.15, 0.2) is 24.3 Å². The van der Waals surface area contributed by atoms with Gasteiger partial charge in [-0.3, -0.25) is 0 Å². The van der Waals surface area contributed by atoms with Crippen LogP contribution in [0.25, 0.3) is 0 Å². The first-order valence-electron chi connectivity index (χ1n) is 6.65. The summed E-state index contributed by atoms with van der Waals surface area (Å²) in [6.07, 6.45) is 1.04. The molecule has 1 rings (SSSR count). The van der Waals surface area contributed by atoms with Gasteiger partial charge in [-0.15, -0.1) is 0 Å². The van der Waals surface area contributed by atoms with Crippen LogP contribution in [0.2, 0.25) is 0 Å². The quantitative estimate of drug-likeness (QED) is 0.776. The van der Waals surface area contributed by atoms with Gasteiger partial charge in [0, 0.05) is 11.6 Å². The molecule has 0 spiro atoms. The smallest absolute Gasteiger partial charge is 0.124 e. The van der Waals surface area contributed by atoms with Crippen molar-refractivity contribution in [2.75, 3.05) is 13.2 Å². The molecule has 0 aromatic heterocycles. The molecular weight excluding hydrogens is 210 g/mol. The monoisotopic (exact) mass is 235 g/mol. The highest BCUT2D eigenvalue weighted by molar-refractivity contribution is 5.36. The molecule has 0 bridgehead atoms. The van der Waals surface area contributed by atoms with Gasteiger partial charge in [0.2, 0.25) is 0 Å². The van der Waals surface area contributed by atoms with E-state index in [1.165, 1.54) is 5.56 Å². The van der Waals surface area contributed by atoms with Gasteiger partial charge in [0.25, 0.3) is 0 Å². The lowest BCUT2D eigenvalue weighted by molar-refractivity contribution is 0.304. The van der Waals surface area contributed by atoms with E-state index in [-0.39, 0.29) is 0 Å². The Balaban J connectivity index is 2.92. The Kier molecular flexibility index (Phi) is 6.06. The van der Waals surface area contributed by atoms with Crippen molar-refractivity contribution in [3.05, 3.63) is 29.8 Å². The van der Waals surface area contributed by atoms with Crippen molar-refractivity contribution >= 4 is 0 Å². The maximum absolute atomic E-state index is 5.82. The SMILES string of the molecule is CCCOc1ccccc1C(NCC)C(C)C. The molecule has 1 aromatic rings. The molecule has 2 heteroatoms. The average Bonchev–Trinajstić information content (AvgIpc) is 2.33. The van der Waals surface area contributed by atoms with Gasteiger partial charge in [0.15, 0.2) is 0 Å². The first-order valence-corrected chi connectivity index (χ1v) is 6.65. The lowest BCUT2D eigenvalue weighted by Crippen LogP contribution is -2.26. The number of ether oxygens (including phenoxy) is 1. The highest BCUT2D eigenvalue weighted by atomic mass is 16.5. The molecule has 1 atom stereocenters. The van der Waals surface area contributed by atoms with Crippen LogP contribution in [0.1, 0.15) is 45.7 Å². The Morgan fingerprint density at radius 2 is 1.88 bits per heavy atom. The Bertz CT molecular complexity index is 322. The summed E-state index contributed by atoms with van der Waals surface area (Å²) in [5.74, 6) is 1.58. The summed E-state index contributed by atoms with van der Waals surface area (Å²) in [6, 6.07) is 8.72. The highest BCUT2D eigenvalue weighted by Gasteiger charge is 2.18. The molecule has 1 unspecified atom stereocenters. The van der Waals surface area contributed by atoms with Gasteiger partial charge in [-0.1, -0.05) is 45.9 Å². The molecule has 0 aliphatic carbocycles. The zero-order valence-electron chi connectivity index (χ0n) is 11.5. The summed E-state index contributed by atoms with van der Waals surface area (Å²) in [7, 11) is 0. The first kappa shape index (κ1) is 14.0. The summed E-state index contributed by atoms with van der Waals surface area (Å²) in [5.41, 5.74) is 1.28. The van der Waals surface area contributed by atoms with Gasteiger partial charge >= 0.3 is 0 Å². The zero-order chi connectivity index (χ0) is 12.7. The molecule has 17 heavy (non-hydrogen) atoms. The fraction of sp³-hybridized carbons (Fsp3) is 0.600. The van der Waals surface area contributed by atoms with Gasteiger partial charge in [0.05, 0.1) is 6.61 Å². The molecule has 0 saturated heterocycles. The summed E-state index contributed by atoms with van der Waals surface area (Å²) in [5, 5.41) is 3.54. The van der Waals surface area contributed by atoms with Gasteiger partial charge in [-0.05, 0) is 24.9 Å². The van der Waals surface area contributed by atoms with Crippen LogP contribution in [-0.2, 0) is 0 Å². The van der Waals surface area contributed by atoms with Crippen LogP contribution in [0.3, 0.4) is 0 Å². The fourth-order valence-electron chi connectivity index (χ4n) is 2.01. The molecule has 2 nitrogen and oxygen atoms in total. The van der Waals surface area contributed by atoms with Crippen LogP contribution in [0.4, 0.5) is 0 Å². The molecule has 0 saturated carbocycles. The summed E-state index contributed by atoms with van der Waals surface area (Å²) < 4.78 is 5.82. The van der Waals surface area contributed by atoms with Crippen molar-refractivity contribution in [2.45, 2.75) is 40.2 Å². The molecule has 0 fully saturated rings. The Hall–Kier alpha value is -1.02. The van der Waals surface area contributed by atoms with E-state index in [4.69, 9.17) is 4.74 Å². The number of benzene rings is 1. The van der Waals surface area contributed by atoms with E-state index in [0.29, 0.717) is 12.0 Å². The number of rotatable bonds is 7. The van der Waals surface area contributed by atoms with Crippen molar-refractivity contribution in [1.82, 2.24) is 5.32 Å². The number of hydrogen-bond donors (Lipinski definition) is 1. The van der Waals surface area contributed by atoms with Crippen LogP contribution in [0.5, 0.6) is 5.75 Å². The highest BCUT2D eigenvalue weighted by Crippen LogP contribution is 2.29. The van der Waals surface area contributed by atoms with E-state index in [0.717, 1.165) is 25.3 Å². The largest absolute Gasteiger partial charge is 0.493 e. The van der Waals surface area contributed by atoms with Gasteiger partial charge in [-0.2, -0.15) is 0 Å². The second kappa shape index (κ2) is 7.33. The average molecular weight is 235 g/mol. The van der Waals surface area contributed by atoms with Crippen LogP contribution in [0, 0.1) is 5.92 Å². The summed E-state index contributed by atoms with van der Waals surface area (Å²) in [4.78, 5) is 0. The van der Waals surface area contributed by atoms with E-state index in [9.17, 15) is 0 Å². The van der Waals surface area contributed by atoms with Crippen molar-refractivity contribution in [3.63, 3.8) is 0 Å². The Labute approximate surface area is 105 Å². The number of hydrogen-bond acceptors (Lipinski definition) is 2. The first-order chi connectivity index (χ1) is 8.20. The van der Waals surface area contributed by atoms with E-state index in [1.54, 1.807) is 0 Å². The molecule has 0 heterocycles. The van der Waals surface area contributed by atoms with Crippen LogP contribution < -0.4 is 10.1 Å². The third-order valence-electron chi connectivity index (χ3n) is 2.81. The van der Waals surface area contributed by atoms with Crippen LogP contribution in [-0.4, -0.2) is 13.2 Å². The van der Waals surface area contributed by atoms with E-state index in [1.807, 2.05) is 6.07 Å². The zero-order valence-corrected chi connectivity index (χ0v) is 11.5. The Morgan fingerprint density at radius 1 is 1.18 bits per heavy atom. The maximum atomic E-state index is 5.82. The maximum Gasteiger partial charge on any atom is 0.124 e. The minimum Gasteiger partial charge on any atom is -0.493 e. The minimum atomic E-state index is 0.369. The number of para-hydroxylation sites is 1. The second-order valence-corrected chi connectivity index (χ2v) is 4.67. The van der Waals surface area contributed by atoms with Crippen LogP contribution >= 0.6 is 0 Å². The standard InChI is InChI=1S/C15H25NO/c1-5-11-17-14-10-8-7-9-13(14)15(12(3)4)16-6-2/h7-10,12,15-16H,5-6,11H2,1-4H3. The van der Waals surface area contributed by atoms with Crippen molar-refractivity contribution < 1.29 is 4.74 Å². The molecule has 0 aliphatic heterocycles. The third-order valence-corrected chi connectivity index (χ3v) is 2.81. The van der Waals surface area contributed by atoms with E-state index >= 15 is 0 Å². The predicted molar refractivity (Wildman–Crippen MR) is 73.5 cm³/mol. The lowest BCUT2D eigenvalue weighted by Gasteiger charge is -2.24. The van der Waals surface area contributed by atoms with Gasteiger partial charge in [-0.25, -0.2) is 0 Å². The summed E-state index contributed by atoms with van der Waals surface area (Å²) >= 11 is 0. The third kappa shape index (κ3) is 4.04. The normalized spacial score (nSPS) is 12.8. The molecule has 96 valence electrons. The fourth-order valence-corrected chi connectivity index (χ4v) is 2.01. The van der Waals surface area contributed by atoms with E-state index < -0.39 is 0 Å². The Morgan fingerprint density at radius 3 is 2.47 bits per heavy atom. The van der Waals surface area contributed by atoms with Gasteiger partial charge in [0.1, 0.15) is 5.75 Å². The van der Waals surface area contributed by atoms with Crippen molar-refractivity contribution in [2.24, 2.45) is 5.92 Å².